The average Bonchev–Trinajstić information content (AvgIpc) is 2.40. The number of hydrogen-bond acceptors (Lipinski definition) is 2. The van der Waals surface area contributed by atoms with E-state index in [4.69, 9.17) is 0 Å². The van der Waals surface area contributed by atoms with Crippen LogP contribution in [0.25, 0.3) is 0 Å². The summed E-state index contributed by atoms with van der Waals surface area (Å²) in [5, 5.41) is 6.87. The Kier molecular flexibility index (Phi) is 11.5. The first-order valence-electron chi connectivity index (χ1n) is 8.61. The van der Waals surface area contributed by atoms with Crippen LogP contribution in [0.1, 0.15) is 47.5 Å². The summed E-state index contributed by atoms with van der Waals surface area (Å²) in [5.74, 6) is 3.24. The third-order valence-electron chi connectivity index (χ3n) is 4.48. The highest BCUT2D eigenvalue weighted by atomic mass is 127. The third kappa shape index (κ3) is 8.56. The van der Waals surface area contributed by atoms with Gasteiger partial charge in [0, 0.05) is 32.7 Å². The molecule has 0 spiro atoms. The van der Waals surface area contributed by atoms with Crippen molar-refractivity contribution in [2.24, 2.45) is 22.7 Å². The number of nitrogens with zero attached hydrogens (tertiary/aromatic N) is 2. The molecule has 3 atom stereocenters. The van der Waals surface area contributed by atoms with Crippen molar-refractivity contribution >= 4 is 29.9 Å². The molecule has 1 aliphatic heterocycles. The molecule has 3 unspecified atom stereocenters. The number of likely N-dealkylation sites (tertiary alicyclic amines) is 1. The molecule has 0 aromatic carbocycles. The standard InChI is InChI=1S/C17H36N4.HI/c1-13(2)16(5)20-17(18-6)19-8-7-9-21-11-14(3)10-15(4)12-21;/h13-16H,7-12H2,1-6H3,(H2,18,19,20);1H. The topological polar surface area (TPSA) is 39.7 Å². The second-order valence-electron chi connectivity index (χ2n) is 7.24. The highest BCUT2D eigenvalue weighted by Gasteiger charge is 2.21. The van der Waals surface area contributed by atoms with Crippen molar-refractivity contribution in [1.82, 2.24) is 15.5 Å². The van der Waals surface area contributed by atoms with E-state index in [0.29, 0.717) is 12.0 Å². The van der Waals surface area contributed by atoms with E-state index in [0.717, 1.165) is 24.3 Å². The Labute approximate surface area is 154 Å². The lowest BCUT2D eigenvalue weighted by Gasteiger charge is -2.35. The van der Waals surface area contributed by atoms with Crippen LogP contribution in [0.2, 0.25) is 0 Å². The molecule has 2 N–H and O–H groups in total. The third-order valence-corrected chi connectivity index (χ3v) is 4.48. The number of nitrogens with one attached hydrogen (secondary N) is 2. The van der Waals surface area contributed by atoms with Gasteiger partial charge in [-0.15, -0.1) is 24.0 Å². The molecule has 0 saturated carbocycles. The van der Waals surface area contributed by atoms with Crippen molar-refractivity contribution in [2.75, 3.05) is 33.2 Å². The van der Waals surface area contributed by atoms with Crippen LogP contribution in [0.4, 0.5) is 0 Å². The van der Waals surface area contributed by atoms with Crippen LogP contribution in [-0.2, 0) is 0 Å². The van der Waals surface area contributed by atoms with Crippen LogP contribution in [0, 0.1) is 17.8 Å². The van der Waals surface area contributed by atoms with Crippen molar-refractivity contribution in [3.8, 4) is 0 Å². The average molecular weight is 424 g/mol. The van der Waals surface area contributed by atoms with Gasteiger partial charge in [0.25, 0.3) is 0 Å². The van der Waals surface area contributed by atoms with Crippen molar-refractivity contribution in [1.29, 1.82) is 0 Å². The zero-order valence-corrected chi connectivity index (χ0v) is 17.7. The first kappa shape index (κ1) is 22.0. The summed E-state index contributed by atoms with van der Waals surface area (Å²) in [4.78, 5) is 6.92. The molecule has 1 fully saturated rings. The van der Waals surface area contributed by atoms with Gasteiger partial charge in [-0.1, -0.05) is 27.7 Å². The van der Waals surface area contributed by atoms with E-state index in [2.05, 4.69) is 55.1 Å². The Balaban J connectivity index is 0.00000441. The minimum Gasteiger partial charge on any atom is -0.356 e. The normalized spacial score (nSPS) is 24.8. The van der Waals surface area contributed by atoms with Gasteiger partial charge in [0.15, 0.2) is 5.96 Å². The maximum atomic E-state index is 4.30. The lowest BCUT2D eigenvalue weighted by atomic mass is 9.92. The first-order valence-corrected chi connectivity index (χ1v) is 8.61. The second kappa shape index (κ2) is 11.5. The Morgan fingerprint density at radius 1 is 1.18 bits per heavy atom. The Morgan fingerprint density at radius 3 is 2.27 bits per heavy atom. The molecule has 5 heteroatoms. The molecule has 0 bridgehead atoms. The zero-order chi connectivity index (χ0) is 15.8. The molecular formula is C17H37IN4. The molecule has 132 valence electrons. The molecule has 1 aliphatic rings. The highest BCUT2D eigenvalue weighted by molar-refractivity contribution is 14.0. The minimum atomic E-state index is 0. The van der Waals surface area contributed by atoms with Gasteiger partial charge in [-0.2, -0.15) is 0 Å². The van der Waals surface area contributed by atoms with Gasteiger partial charge >= 0.3 is 0 Å². The van der Waals surface area contributed by atoms with E-state index < -0.39 is 0 Å². The fourth-order valence-electron chi connectivity index (χ4n) is 3.06. The number of aliphatic imine (C=N–C) groups is 1. The van der Waals surface area contributed by atoms with Crippen LogP contribution in [0.5, 0.6) is 0 Å². The predicted molar refractivity (Wildman–Crippen MR) is 108 cm³/mol. The molecule has 0 amide bonds. The number of halogens is 1. The van der Waals surface area contributed by atoms with Crippen molar-refractivity contribution < 1.29 is 0 Å². The van der Waals surface area contributed by atoms with E-state index in [9.17, 15) is 0 Å². The number of rotatable bonds is 6. The van der Waals surface area contributed by atoms with E-state index >= 15 is 0 Å². The summed E-state index contributed by atoms with van der Waals surface area (Å²) in [5.41, 5.74) is 0. The van der Waals surface area contributed by atoms with Gasteiger partial charge in [-0.3, -0.25) is 4.99 Å². The van der Waals surface area contributed by atoms with Gasteiger partial charge in [0.1, 0.15) is 0 Å². The summed E-state index contributed by atoms with van der Waals surface area (Å²) in [7, 11) is 1.84. The SMILES string of the molecule is CN=C(NCCCN1CC(C)CC(C)C1)NC(C)C(C)C.I. The molecule has 0 aromatic rings. The maximum absolute atomic E-state index is 4.30. The quantitative estimate of drug-likeness (QED) is 0.298. The van der Waals surface area contributed by atoms with Crippen LogP contribution in [-0.4, -0.2) is 50.1 Å². The van der Waals surface area contributed by atoms with Crippen LogP contribution in [0.15, 0.2) is 4.99 Å². The summed E-state index contributed by atoms with van der Waals surface area (Å²) >= 11 is 0. The number of hydrogen-bond donors (Lipinski definition) is 2. The summed E-state index contributed by atoms with van der Waals surface area (Å²) in [6, 6.07) is 0.444. The minimum absolute atomic E-state index is 0. The van der Waals surface area contributed by atoms with Crippen LogP contribution < -0.4 is 10.6 Å². The lowest BCUT2D eigenvalue weighted by Crippen LogP contribution is -2.45. The number of guanidine groups is 1. The molecule has 1 rings (SSSR count). The molecule has 0 radical (unpaired) electrons. The molecule has 22 heavy (non-hydrogen) atoms. The largest absolute Gasteiger partial charge is 0.356 e. The summed E-state index contributed by atoms with van der Waals surface area (Å²) in [6.07, 6.45) is 2.56. The van der Waals surface area contributed by atoms with E-state index in [1.54, 1.807) is 0 Å². The van der Waals surface area contributed by atoms with Gasteiger partial charge in [-0.25, -0.2) is 0 Å². The molecular weight excluding hydrogens is 387 g/mol. The lowest BCUT2D eigenvalue weighted by molar-refractivity contribution is 0.140. The van der Waals surface area contributed by atoms with E-state index in [-0.39, 0.29) is 24.0 Å². The number of piperidine rings is 1. The van der Waals surface area contributed by atoms with Gasteiger partial charge in [0.2, 0.25) is 0 Å². The molecule has 1 saturated heterocycles. The Morgan fingerprint density at radius 2 is 1.77 bits per heavy atom. The maximum Gasteiger partial charge on any atom is 0.191 e. The summed E-state index contributed by atoms with van der Waals surface area (Å²) in [6.45, 7) is 16.1. The molecule has 4 nitrogen and oxygen atoms in total. The smallest absolute Gasteiger partial charge is 0.191 e. The second-order valence-corrected chi connectivity index (χ2v) is 7.24. The fraction of sp³-hybridized carbons (Fsp3) is 0.941. The molecule has 0 aromatic heterocycles. The van der Waals surface area contributed by atoms with Gasteiger partial charge < -0.3 is 15.5 Å². The zero-order valence-electron chi connectivity index (χ0n) is 15.4. The van der Waals surface area contributed by atoms with Crippen LogP contribution >= 0.6 is 24.0 Å². The molecule has 0 aliphatic carbocycles. The van der Waals surface area contributed by atoms with Crippen LogP contribution in [0.3, 0.4) is 0 Å². The fourth-order valence-corrected chi connectivity index (χ4v) is 3.06. The van der Waals surface area contributed by atoms with E-state index in [1.807, 2.05) is 7.05 Å². The predicted octanol–water partition coefficient (Wildman–Crippen LogP) is 3.18. The van der Waals surface area contributed by atoms with Crippen molar-refractivity contribution in [2.45, 2.75) is 53.5 Å². The first-order chi connectivity index (χ1) is 9.92. The monoisotopic (exact) mass is 424 g/mol. The Bertz CT molecular complexity index is 310. The van der Waals surface area contributed by atoms with Gasteiger partial charge in [-0.05, 0) is 44.1 Å². The van der Waals surface area contributed by atoms with E-state index in [1.165, 1.54) is 32.5 Å². The molecule has 1 heterocycles. The summed E-state index contributed by atoms with van der Waals surface area (Å²) < 4.78 is 0. The van der Waals surface area contributed by atoms with Crippen molar-refractivity contribution in [3.63, 3.8) is 0 Å². The van der Waals surface area contributed by atoms with Gasteiger partial charge in [0.05, 0.1) is 0 Å². The van der Waals surface area contributed by atoms with Crippen molar-refractivity contribution in [3.05, 3.63) is 0 Å². The highest BCUT2D eigenvalue weighted by Crippen LogP contribution is 2.20. The Hall–Kier alpha value is -0.0400.